The van der Waals surface area contributed by atoms with E-state index in [0.29, 0.717) is 19.8 Å². The van der Waals surface area contributed by atoms with Crippen molar-refractivity contribution in [3.8, 4) is 0 Å². The van der Waals surface area contributed by atoms with Crippen molar-refractivity contribution in [2.45, 2.75) is 44.9 Å². The Morgan fingerprint density at radius 1 is 1.18 bits per heavy atom. The van der Waals surface area contributed by atoms with Crippen LogP contribution in [-0.2, 0) is 9.53 Å². The number of nitrogens with one attached hydrogen (secondary N) is 1. The molecule has 0 radical (unpaired) electrons. The molecule has 0 aliphatic heterocycles. The van der Waals surface area contributed by atoms with Crippen LogP contribution in [0, 0.1) is 5.92 Å². The van der Waals surface area contributed by atoms with Crippen LogP contribution in [0.2, 0.25) is 0 Å². The van der Waals surface area contributed by atoms with Gasteiger partial charge in [-0.2, -0.15) is 0 Å². The molecule has 17 heavy (non-hydrogen) atoms. The molecule has 0 aromatic rings. The maximum absolute atomic E-state index is 11.9. The Balaban J connectivity index is 2.03. The summed E-state index contributed by atoms with van der Waals surface area (Å²) in [4.78, 5) is 11.9. The number of ether oxygens (including phenoxy) is 1. The quantitative estimate of drug-likeness (QED) is 0.524. The van der Waals surface area contributed by atoms with Gasteiger partial charge in [0.15, 0.2) is 0 Å². The highest BCUT2D eigenvalue weighted by Crippen LogP contribution is 2.22. The van der Waals surface area contributed by atoms with Gasteiger partial charge >= 0.3 is 0 Å². The molecule has 4 nitrogen and oxygen atoms in total. The molecular weight excluding hydrogens is 216 g/mol. The minimum atomic E-state index is 0.241. The molecule has 100 valence electrons. The van der Waals surface area contributed by atoms with Crippen LogP contribution < -0.4 is 11.1 Å². The molecule has 0 bridgehead atoms. The van der Waals surface area contributed by atoms with Gasteiger partial charge in [-0.1, -0.05) is 25.7 Å². The summed E-state index contributed by atoms with van der Waals surface area (Å²) in [6.45, 7) is 2.58. The molecule has 0 atom stereocenters. The first-order valence-corrected chi connectivity index (χ1v) is 6.90. The number of hydrogen-bond donors (Lipinski definition) is 2. The molecule has 1 fully saturated rings. The van der Waals surface area contributed by atoms with Crippen LogP contribution in [-0.4, -0.2) is 32.2 Å². The maximum Gasteiger partial charge on any atom is 0.223 e. The number of nitrogens with two attached hydrogens (primary N) is 1. The average molecular weight is 242 g/mol. The average Bonchev–Trinajstić information content (AvgIpc) is 2.62. The predicted molar refractivity (Wildman–Crippen MR) is 68.7 cm³/mol. The van der Waals surface area contributed by atoms with Crippen LogP contribution in [0.3, 0.4) is 0 Å². The van der Waals surface area contributed by atoms with Gasteiger partial charge in [0.1, 0.15) is 0 Å². The summed E-state index contributed by atoms with van der Waals surface area (Å²) in [6, 6.07) is 0. The number of rotatable bonds is 7. The monoisotopic (exact) mass is 242 g/mol. The highest BCUT2D eigenvalue weighted by Gasteiger charge is 2.19. The molecule has 0 unspecified atom stereocenters. The lowest BCUT2D eigenvalue weighted by Crippen LogP contribution is -2.31. The maximum atomic E-state index is 11.9. The van der Waals surface area contributed by atoms with E-state index in [1.54, 1.807) is 0 Å². The first-order valence-electron chi connectivity index (χ1n) is 6.90. The largest absolute Gasteiger partial charge is 0.380 e. The van der Waals surface area contributed by atoms with Gasteiger partial charge in [0.2, 0.25) is 5.91 Å². The molecule has 0 aromatic heterocycles. The fraction of sp³-hybridized carbons (Fsp3) is 0.923. The van der Waals surface area contributed by atoms with E-state index in [1.165, 1.54) is 25.7 Å². The Labute approximate surface area is 104 Å². The van der Waals surface area contributed by atoms with Crippen LogP contribution in [0.5, 0.6) is 0 Å². The van der Waals surface area contributed by atoms with E-state index in [0.717, 1.165) is 25.8 Å². The molecule has 4 heteroatoms. The van der Waals surface area contributed by atoms with Gasteiger partial charge in [-0.05, 0) is 19.3 Å². The zero-order chi connectivity index (χ0) is 12.3. The summed E-state index contributed by atoms with van der Waals surface area (Å²) in [5.41, 5.74) is 5.31. The normalized spacial score (nSPS) is 17.7. The second kappa shape index (κ2) is 9.42. The summed E-state index contributed by atoms with van der Waals surface area (Å²) in [5.74, 6) is 0.494. The SMILES string of the molecule is NCCOCCCNC(=O)C1CCCCCC1. The van der Waals surface area contributed by atoms with Gasteiger partial charge in [-0.25, -0.2) is 0 Å². The van der Waals surface area contributed by atoms with E-state index in [-0.39, 0.29) is 11.8 Å². The third-order valence-corrected chi connectivity index (χ3v) is 3.25. The molecular formula is C13H26N2O2. The molecule has 1 aliphatic carbocycles. The highest BCUT2D eigenvalue weighted by molar-refractivity contribution is 5.78. The van der Waals surface area contributed by atoms with Crippen molar-refractivity contribution in [1.29, 1.82) is 0 Å². The minimum absolute atomic E-state index is 0.241. The first-order chi connectivity index (χ1) is 8.34. The summed E-state index contributed by atoms with van der Waals surface area (Å²) in [5, 5.41) is 3.01. The van der Waals surface area contributed by atoms with Crippen molar-refractivity contribution in [2.24, 2.45) is 11.7 Å². The Bertz CT molecular complexity index is 202. The van der Waals surface area contributed by atoms with Crippen LogP contribution in [0.15, 0.2) is 0 Å². The smallest absolute Gasteiger partial charge is 0.223 e. The topological polar surface area (TPSA) is 64.3 Å². The van der Waals surface area contributed by atoms with E-state index in [4.69, 9.17) is 10.5 Å². The lowest BCUT2D eigenvalue weighted by atomic mass is 9.99. The van der Waals surface area contributed by atoms with Gasteiger partial charge in [0.25, 0.3) is 0 Å². The van der Waals surface area contributed by atoms with Crippen molar-refractivity contribution in [3.63, 3.8) is 0 Å². The number of amides is 1. The molecule has 3 N–H and O–H groups in total. The summed E-state index contributed by atoms with van der Waals surface area (Å²) in [7, 11) is 0. The Kier molecular flexibility index (Phi) is 8.01. The van der Waals surface area contributed by atoms with Crippen molar-refractivity contribution in [3.05, 3.63) is 0 Å². The van der Waals surface area contributed by atoms with Crippen molar-refractivity contribution < 1.29 is 9.53 Å². The van der Waals surface area contributed by atoms with Gasteiger partial charge < -0.3 is 15.8 Å². The van der Waals surface area contributed by atoms with Crippen molar-refractivity contribution in [2.75, 3.05) is 26.3 Å². The molecule has 1 saturated carbocycles. The van der Waals surface area contributed by atoms with Gasteiger partial charge in [-0.15, -0.1) is 0 Å². The third kappa shape index (κ3) is 6.64. The van der Waals surface area contributed by atoms with Crippen molar-refractivity contribution in [1.82, 2.24) is 5.32 Å². The first kappa shape index (κ1) is 14.5. The van der Waals surface area contributed by atoms with Crippen LogP contribution in [0.25, 0.3) is 0 Å². The predicted octanol–water partition coefficient (Wildman–Crippen LogP) is 1.44. The van der Waals surface area contributed by atoms with E-state index in [2.05, 4.69) is 5.32 Å². The number of hydrogen-bond acceptors (Lipinski definition) is 3. The van der Waals surface area contributed by atoms with Gasteiger partial charge in [0.05, 0.1) is 6.61 Å². The number of carbonyl (C=O) groups excluding carboxylic acids is 1. The molecule has 0 saturated heterocycles. The summed E-state index contributed by atoms with van der Waals surface area (Å²) in [6.07, 6.45) is 7.99. The van der Waals surface area contributed by atoms with E-state index < -0.39 is 0 Å². The molecule has 0 heterocycles. The Morgan fingerprint density at radius 3 is 2.53 bits per heavy atom. The van der Waals surface area contributed by atoms with E-state index >= 15 is 0 Å². The molecule has 0 spiro atoms. The summed E-state index contributed by atoms with van der Waals surface area (Å²) >= 11 is 0. The van der Waals surface area contributed by atoms with Gasteiger partial charge in [-0.3, -0.25) is 4.79 Å². The summed E-state index contributed by atoms with van der Waals surface area (Å²) < 4.78 is 5.25. The molecule has 1 amide bonds. The second-order valence-corrected chi connectivity index (χ2v) is 4.73. The lowest BCUT2D eigenvalue weighted by Gasteiger charge is -2.13. The fourth-order valence-electron chi connectivity index (χ4n) is 2.26. The molecule has 1 rings (SSSR count). The lowest BCUT2D eigenvalue weighted by molar-refractivity contribution is -0.125. The van der Waals surface area contributed by atoms with Crippen LogP contribution >= 0.6 is 0 Å². The second-order valence-electron chi connectivity index (χ2n) is 4.73. The van der Waals surface area contributed by atoms with Gasteiger partial charge in [0, 0.05) is 25.6 Å². The van der Waals surface area contributed by atoms with Crippen LogP contribution in [0.1, 0.15) is 44.9 Å². The minimum Gasteiger partial charge on any atom is -0.380 e. The highest BCUT2D eigenvalue weighted by atomic mass is 16.5. The van der Waals surface area contributed by atoms with Crippen LogP contribution in [0.4, 0.5) is 0 Å². The third-order valence-electron chi connectivity index (χ3n) is 3.25. The van der Waals surface area contributed by atoms with E-state index in [1.807, 2.05) is 0 Å². The molecule has 0 aromatic carbocycles. The number of carbonyl (C=O) groups is 1. The molecule has 1 aliphatic rings. The Morgan fingerprint density at radius 2 is 1.88 bits per heavy atom. The zero-order valence-corrected chi connectivity index (χ0v) is 10.7. The Hall–Kier alpha value is -0.610. The standard InChI is InChI=1S/C13H26N2O2/c14-8-11-17-10-5-9-15-13(16)12-6-3-1-2-4-7-12/h12H,1-11,14H2,(H,15,16). The van der Waals surface area contributed by atoms with Crippen molar-refractivity contribution >= 4 is 5.91 Å². The van der Waals surface area contributed by atoms with E-state index in [9.17, 15) is 4.79 Å². The zero-order valence-electron chi connectivity index (χ0n) is 10.7. The fourth-order valence-corrected chi connectivity index (χ4v) is 2.26.